The second-order valence-corrected chi connectivity index (χ2v) is 9.07. The summed E-state index contributed by atoms with van der Waals surface area (Å²) in [5.74, 6) is 0. The van der Waals surface area contributed by atoms with Crippen molar-refractivity contribution in [1.82, 2.24) is 14.5 Å². The number of piperidine rings is 1. The highest BCUT2D eigenvalue weighted by Crippen LogP contribution is 2.29. The van der Waals surface area contributed by atoms with Crippen molar-refractivity contribution in [3.63, 3.8) is 0 Å². The molecule has 164 valence electrons. The summed E-state index contributed by atoms with van der Waals surface area (Å²) < 4.78 is 14.1. The molecular formula is C25H31N3O3. The molecule has 2 aliphatic heterocycles. The number of benzene rings is 2. The van der Waals surface area contributed by atoms with E-state index in [0.29, 0.717) is 19.8 Å². The second-order valence-electron chi connectivity index (χ2n) is 9.07. The largest absolute Gasteiger partial charge is 0.376 e. The van der Waals surface area contributed by atoms with Gasteiger partial charge in [-0.25, -0.2) is 4.79 Å². The van der Waals surface area contributed by atoms with Crippen molar-refractivity contribution in [2.75, 3.05) is 39.5 Å². The molecule has 31 heavy (non-hydrogen) atoms. The van der Waals surface area contributed by atoms with Gasteiger partial charge in [-0.2, -0.15) is 0 Å². The molecule has 2 aliphatic rings. The number of imidazole rings is 1. The average Bonchev–Trinajstić information content (AvgIpc) is 3.10. The van der Waals surface area contributed by atoms with E-state index in [1.165, 1.54) is 5.56 Å². The number of fused-ring (bicyclic) bond motifs is 1. The van der Waals surface area contributed by atoms with Gasteiger partial charge >= 0.3 is 5.69 Å². The molecule has 0 amide bonds. The van der Waals surface area contributed by atoms with Crippen molar-refractivity contribution >= 4 is 11.0 Å². The lowest BCUT2D eigenvalue weighted by Gasteiger charge is -2.43. The number of hydrogen-bond donors (Lipinski definition) is 1. The zero-order valence-corrected chi connectivity index (χ0v) is 18.2. The Morgan fingerprint density at radius 3 is 2.65 bits per heavy atom. The number of aryl methyl sites for hydroxylation is 1. The minimum absolute atomic E-state index is 0.00334. The maximum atomic E-state index is 12.7. The molecule has 1 N–H and O–H groups in total. The molecule has 0 spiro atoms. The second kappa shape index (κ2) is 8.61. The first-order valence-electron chi connectivity index (χ1n) is 11.3. The topological polar surface area (TPSA) is 59.5 Å². The summed E-state index contributed by atoms with van der Waals surface area (Å²) in [6.07, 6.45) is 2.78. The van der Waals surface area contributed by atoms with Gasteiger partial charge in [0, 0.05) is 32.1 Å². The lowest BCUT2D eigenvalue weighted by Crippen LogP contribution is -2.54. The summed E-state index contributed by atoms with van der Waals surface area (Å²) in [6.45, 7) is 6.76. The van der Waals surface area contributed by atoms with Gasteiger partial charge in [0.25, 0.3) is 0 Å². The van der Waals surface area contributed by atoms with Gasteiger partial charge in [0.05, 0.1) is 30.9 Å². The average molecular weight is 422 g/mol. The highest BCUT2D eigenvalue weighted by atomic mass is 16.6. The number of likely N-dealkylation sites (tertiary alicyclic amines) is 1. The third-order valence-corrected chi connectivity index (χ3v) is 6.68. The minimum Gasteiger partial charge on any atom is -0.376 e. The molecule has 0 aliphatic carbocycles. The predicted molar refractivity (Wildman–Crippen MR) is 122 cm³/mol. The lowest BCUT2D eigenvalue weighted by atomic mass is 9.92. The smallest absolute Gasteiger partial charge is 0.326 e. The molecular weight excluding hydrogens is 390 g/mol. The zero-order valence-electron chi connectivity index (χ0n) is 18.2. The van der Waals surface area contributed by atoms with Crippen molar-refractivity contribution in [3.05, 3.63) is 70.1 Å². The van der Waals surface area contributed by atoms with Crippen molar-refractivity contribution < 1.29 is 9.47 Å². The van der Waals surface area contributed by atoms with Gasteiger partial charge < -0.3 is 19.4 Å². The van der Waals surface area contributed by atoms with Gasteiger partial charge in [-0.05, 0) is 43.0 Å². The first-order valence-corrected chi connectivity index (χ1v) is 11.3. The summed E-state index contributed by atoms with van der Waals surface area (Å²) in [6, 6.07) is 17.0. The van der Waals surface area contributed by atoms with E-state index in [1.54, 1.807) is 0 Å². The van der Waals surface area contributed by atoms with Crippen molar-refractivity contribution in [2.45, 2.75) is 37.8 Å². The number of nitrogens with one attached hydrogen (secondary N) is 1. The number of aromatic amines is 1. The van der Waals surface area contributed by atoms with E-state index in [9.17, 15) is 4.79 Å². The molecule has 0 radical (unpaired) electrons. The van der Waals surface area contributed by atoms with E-state index >= 15 is 0 Å². The summed E-state index contributed by atoms with van der Waals surface area (Å²) in [5, 5.41) is 0. The van der Waals surface area contributed by atoms with Crippen LogP contribution in [0.4, 0.5) is 0 Å². The highest BCUT2D eigenvalue weighted by molar-refractivity contribution is 5.76. The first kappa shape index (κ1) is 20.5. The van der Waals surface area contributed by atoms with Crippen LogP contribution in [-0.4, -0.2) is 59.5 Å². The third kappa shape index (κ3) is 4.33. The molecule has 3 heterocycles. The summed E-state index contributed by atoms with van der Waals surface area (Å²) in [4.78, 5) is 18.2. The Kier molecular flexibility index (Phi) is 5.69. The SMILES string of the molecule is Cc1ccc2c(c1)[nH]c(=O)n2C1CCN(CC2(Cc3ccccc3)COCCO2)CC1. The van der Waals surface area contributed by atoms with Gasteiger partial charge in [0.1, 0.15) is 5.60 Å². The molecule has 1 atom stereocenters. The van der Waals surface area contributed by atoms with Gasteiger partial charge in [-0.1, -0.05) is 36.4 Å². The molecule has 3 aromatic rings. The summed E-state index contributed by atoms with van der Waals surface area (Å²) in [5.41, 5.74) is 4.09. The number of hydrogen-bond acceptors (Lipinski definition) is 4. The van der Waals surface area contributed by atoms with Gasteiger partial charge in [-0.3, -0.25) is 4.57 Å². The standard InChI is InChI=1S/C25H31N3O3/c1-19-7-8-23-22(15-19)26-24(29)28(23)21-9-11-27(12-10-21)17-25(18-30-13-14-31-25)16-20-5-3-2-4-6-20/h2-8,15,21H,9-14,16-18H2,1H3,(H,26,29). The molecule has 2 aromatic carbocycles. The van der Waals surface area contributed by atoms with Crippen LogP contribution in [0.25, 0.3) is 11.0 Å². The van der Waals surface area contributed by atoms with E-state index in [-0.39, 0.29) is 17.3 Å². The Balaban J connectivity index is 1.29. The van der Waals surface area contributed by atoms with Crippen molar-refractivity contribution in [2.24, 2.45) is 0 Å². The van der Waals surface area contributed by atoms with Crippen LogP contribution in [0.15, 0.2) is 53.3 Å². The number of aromatic nitrogens is 2. The Bertz CT molecular complexity index is 1070. The molecule has 2 saturated heterocycles. The number of rotatable bonds is 5. The van der Waals surface area contributed by atoms with E-state index in [0.717, 1.165) is 55.5 Å². The number of nitrogens with zero attached hydrogens (tertiary/aromatic N) is 2. The molecule has 6 heteroatoms. The van der Waals surface area contributed by atoms with Crippen LogP contribution in [0, 0.1) is 6.92 Å². The van der Waals surface area contributed by atoms with Gasteiger partial charge in [0.2, 0.25) is 0 Å². The molecule has 1 unspecified atom stereocenters. The quantitative estimate of drug-likeness (QED) is 0.687. The normalized spacial score (nSPS) is 23.4. The van der Waals surface area contributed by atoms with Crippen LogP contribution in [0.3, 0.4) is 0 Å². The van der Waals surface area contributed by atoms with Crippen LogP contribution < -0.4 is 5.69 Å². The van der Waals surface area contributed by atoms with E-state index in [4.69, 9.17) is 9.47 Å². The fourth-order valence-corrected chi connectivity index (χ4v) is 5.18. The van der Waals surface area contributed by atoms with Gasteiger partial charge in [0.15, 0.2) is 0 Å². The molecule has 0 saturated carbocycles. The van der Waals surface area contributed by atoms with Crippen LogP contribution in [0.1, 0.15) is 30.0 Å². The number of H-pyrrole nitrogens is 1. The molecule has 5 rings (SSSR count). The Morgan fingerprint density at radius 1 is 1.10 bits per heavy atom. The highest BCUT2D eigenvalue weighted by Gasteiger charge is 2.37. The molecule has 0 bridgehead atoms. The van der Waals surface area contributed by atoms with Gasteiger partial charge in [-0.15, -0.1) is 0 Å². The monoisotopic (exact) mass is 421 g/mol. The predicted octanol–water partition coefficient (Wildman–Crippen LogP) is 3.30. The van der Waals surface area contributed by atoms with E-state index < -0.39 is 0 Å². The lowest BCUT2D eigenvalue weighted by molar-refractivity contribution is -0.167. The van der Waals surface area contributed by atoms with E-state index in [2.05, 4.69) is 59.3 Å². The van der Waals surface area contributed by atoms with Crippen LogP contribution in [0.2, 0.25) is 0 Å². The summed E-state index contributed by atoms with van der Waals surface area (Å²) in [7, 11) is 0. The molecule has 1 aromatic heterocycles. The molecule has 6 nitrogen and oxygen atoms in total. The Morgan fingerprint density at radius 2 is 1.90 bits per heavy atom. The van der Waals surface area contributed by atoms with Crippen molar-refractivity contribution in [1.29, 1.82) is 0 Å². The van der Waals surface area contributed by atoms with Crippen LogP contribution in [-0.2, 0) is 15.9 Å². The zero-order chi connectivity index (χ0) is 21.3. The maximum Gasteiger partial charge on any atom is 0.326 e. The minimum atomic E-state index is -0.304. The fourth-order valence-electron chi connectivity index (χ4n) is 5.18. The first-order chi connectivity index (χ1) is 15.1. The van der Waals surface area contributed by atoms with E-state index in [1.807, 2.05) is 10.6 Å². The van der Waals surface area contributed by atoms with Crippen LogP contribution >= 0.6 is 0 Å². The molecule has 2 fully saturated rings. The Labute approximate surface area is 182 Å². The summed E-state index contributed by atoms with van der Waals surface area (Å²) >= 11 is 0. The van der Waals surface area contributed by atoms with Crippen LogP contribution in [0.5, 0.6) is 0 Å². The Hall–Kier alpha value is -2.41. The number of ether oxygens (including phenoxy) is 2. The third-order valence-electron chi connectivity index (χ3n) is 6.68. The maximum absolute atomic E-state index is 12.7. The fraction of sp³-hybridized carbons (Fsp3) is 0.480. The van der Waals surface area contributed by atoms with Crippen molar-refractivity contribution in [3.8, 4) is 0 Å².